The van der Waals surface area contributed by atoms with E-state index in [1.165, 1.54) is 25.8 Å². The molecule has 0 aliphatic carbocycles. The topological polar surface area (TPSA) is 57.7 Å². The maximum atomic E-state index is 12.4. The Bertz CT molecular complexity index is 584. The van der Waals surface area contributed by atoms with Crippen LogP contribution < -0.4 is 10.2 Å². The Hall–Kier alpha value is -1.66. The van der Waals surface area contributed by atoms with Crippen LogP contribution in [0.3, 0.4) is 0 Å². The first-order valence-electron chi connectivity index (χ1n) is 10.4. The highest BCUT2D eigenvalue weighted by Gasteiger charge is 2.21. The lowest BCUT2D eigenvalue weighted by Crippen LogP contribution is -2.39. The predicted molar refractivity (Wildman–Crippen MR) is 108 cm³/mol. The van der Waals surface area contributed by atoms with Crippen molar-refractivity contribution >= 4 is 11.7 Å². The van der Waals surface area contributed by atoms with Crippen LogP contribution in [0.15, 0.2) is 18.3 Å². The number of anilines is 1. The lowest BCUT2D eigenvalue weighted by atomic mass is 9.98. The van der Waals surface area contributed by atoms with E-state index in [0.717, 1.165) is 51.3 Å². The minimum absolute atomic E-state index is 0.0219. The molecule has 27 heavy (non-hydrogen) atoms. The van der Waals surface area contributed by atoms with Gasteiger partial charge in [-0.05, 0) is 63.7 Å². The summed E-state index contributed by atoms with van der Waals surface area (Å²) in [6.45, 7) is 4.75. The van der Waals surface area contributed by atoms with Crippen LogP contribution in [-0.2, 0) is 4.74 Å². The van der Waals surface area contributed by atoms with Gasteiger partial charge in [0, 0.05) is 45.6 Å². The minimum Gasteiger partial charge on any atom is -0.384 e. The molecule has 1 aromatic heterocycles. The number of nitrogens with zero attached hydrogens (tertiary/aromatic N) is 3. The van der Waals surface area contributed by atoms with Gasteiger partial charge in [-0.25, -0.2) is 4.98 Å². The summed E-state index contributed by atoms with van der Waals surface area (Å²) in [5.74, 6) is 1.59. The molecular formula is C21H34N4O2. The van der Waals surface area contributed by atoms with Crippen molar-refractivity contribution in [2.75, 3.05) is 51.8 Å². The summed E-state index contributed by atoms with van der Waals surface area (Å²) in [5.41, 5.74) is 0.644. The second kappa shape index (κ2) is 10.0. The molecule has 0 saturated carbocycles. The van der Waals surface area contributed by atoms with Crippen molar-refractivity contribution < 1.29 is 9.53 Å². The number of methoxy groups -OCH3 is 1. The lowest BCUT2D eigenvalue weighted by Gasteiger charge is -2.32. The molecule has 0 radical (unpaired) electrons. The summed E-state index contributed by atoms with van der Waals surface area (Å²) >= 11 is 0. The van der Waals surface area contributed by atoms with Crippen LogP contribution >= 0.6 is 0 Å². The first kappa shape index (κ1) is 20.1. The Kier molecular flexibility index (Phi) is 7.47. The molecule has 1 N–H and O–H groups in total. The fourth-order valence-corrected chi connectivity index (χ4v) is 4.24. The van der Waals surface area contributed by atoms with Crippen molar-refractivity contribution in [1.82, 2.24) is 15.2 Å². The summed E-state index contributed by atoms with van der Waals surface area (Å²) in [5, 5.41) is 3.05. The highest BCUT2D eigenvalue weighted by molar-refractivity contribution is 5.94. The van der Waals surface area contributed by atoms with E-state index >= 15 is 0 Å². The van der Waals surface area contributed by atoms with E-state index in [-0.39, 0.29) is 5.91 Å². The van der Waals surface area contributed by atoms with Gasteiger partial charge in [-0.2, -0.15) is 0 Å². The van der Waals surface area contributed by atoms with E-state index in [1.807, 2.05) is 12.1 Å². The van der Waals surface area contributed by atoms with E-state index in [1.54, 1.807) is 13.3 Å². The van der Waals surface area contributed by atoms with Crippen molar-refractivity contribution in [2.45, 2.75) is 44.6 Å². The molecule has 1 atom stereocenters. The minimum atomic E-state index is -0.0219. The van der Waals surface area contributed by atoms with E-state index < -0.39 is 0 Å². The summed E-state index contributed by atoms with van der Waals surface area (Å²) < 4.78 is 5.26. The number of piperidine rings is 2. The molecule has 0 aromatic carbocycles. The number of aromatic nitrogens is 1. The zero-order chi connectivity index (χ0) is 19.1. The van der Waals surface area contributed by atoms with Crippen molar-refractivity contribution in [2.24, 2.45) is 5.92 Å². The summed E-state index contributed by atoms with van der Waals surface area (Å²) in [6.07, 6.45) is 8.83. The van der Waals surface area contributed by atoms with Gasteiger partial charge in [0.25, 0.3) is 5.91 Å². The molecule has 2 saturated heterocycles. The average Bonchev–Trinajstić information content (AvgIpc) is 2.70. The van der Waals surface area contributed by atoms with Gasteiger partial charge in [0.2, 0.25) is 0 Å². The molecule has 6 heteroatoms. The fraction of sp³-hybridized carbons (Fsp3) is 0.714. The molecule has 2 aliphatic rings. The van der Waals surface area contributed by atoms with Gasteiger partial charge in [-0.1, -0.05) is 6.42 Å². The quantitative estimate of drug-likeness (QED) is 0.795. The van der Waals surface area contributed by atoms with E-state index in [2.05, 4.69) is 27.1 Å². The van der Waals surface area contributed by atoms with Crippen LogP contribution in [0.25, 0.3) is 0 Å². The molecular weight excluding hydrogens is 340 g/mol. The number of carbonyl (C=O) groups is 1. The smallest absolute Gasteiger partial charge is 0.252 e. The number of likely N-dealkylation sites (tertiary alicyclic amines) is 1. The number of ether oxygens (including phenoxy) is 1. The lowest BCUT2D eigenvalue weighted by molar-refractivity contribution is 0.0945. The normalized spacial score (nSPS) is 22.0. The number of rotatable bonds is 7. The SMILES string of the molecule is COCC1CCN(c2ccc(C(=O)NCCC3CCCCN3C)cn2)CC1. The molecule has 6 nitrogen and oxygen atoms in total. The largest absolute Gasteiger partial charge is 0.384 e. The maximum Gasteiger partial charge on any atom is 0.252 e. The van der Waals surface area contributed by atoms with E-state index in [4.69, 9.17) is 4.74 Å². The average molecular weight is 375 g/mol. The van der Waals surface area contributed by atoms with Crippen molar-refractivity contribution in [3.63, 3.8) is 0 Å². The van der Waals surface area contributed by atoms with Crippen LogP contribution in [0, 0.1) is 5.92 Å². The van der Waals surface area contributed by atoms with Crippen LogP contribution in [0.5, 0.6) is 0 Å². The Morgan fingerprint density at radius 1 is 1.22 bits per heavy atom. The third kappa shape index (κ3) is 5.66. The van der Waals surface area contributed by atoms with Gasteiger partial charge in [-0.3, -0.25) is 4.79 Å². The molecule has 1 unspecified atom stereocenters. The van der Waals surface area contributed by atoms with Gasteiger partial charge in [-0.15, -0.1) is 0 Å². The molecule has 1 aromatic rings. The number of hydrogen-bond acceptors (Lipinski definition) is 5. The highest BCUT2D eigenvalue weighted by atomic mass is 16.5. The van der Waals surface area contributed by atoms with E-state index in [9.17, 15) is 4.79 Å². The van der Waals surface area contributed by atoms with Gasteiger partial charge < -0.3 is 19.9 Å². The maximum absolute atomic E-state index is 12.4. The molecule has 0 bridgehead atoms. The first-order chi connectivity index (χ1) is 13.2. The number of amides is 1. The number of nitrogens with one attached hydrogen (secondary N) is 1. The number of pyridine rings is 1. The zero-order valence-corrected chi connectivity index (χ0v) is 16.8. The van der Waals surface area contributed by atoms with E-state index in [0.29, 0.717) is 17.5 Å². The molecule has 0 spiro atoms. The van der Waals surface area contributed by atoms with Crippen LogP contribution in [0.1, 0.15) is 48.9 Å². The number of hydrogen-bond donors (Lipinski definition) is 1. The Labute approximate surface area is 163 Å². The van der Waals surface area contributed by atoms with Crippen molar-refractivity contribution in [1.29, 1.82) is 0 Å². The van der Waals surface area contributed by atoms with Gasteiger partial charge >= 0.3 is 0 Å². The Morgan fingerprint density at radius 2 is 2.04 bits per heavy atom. The molecule has 2 fully saturated rings. The van der Waals surface area contributed by atoms with Gasteiger partial charge in [0.1, 0.15) is 5.82 Å². The predicted octanol–water partition coefficient (Wildman–Crippen LogP) is 2.55. The summed E-state index contributed by atoms with van der Waals surface area (Å²) in [4.78, 5) is 21.6. The second-order valence-corrected chi connectivity index (χ2v) is 7.97. The van der Waals surface area contributed by atoms with Crippen LogP contribution in [0.2, 0.25) is 0 Å². The zero-order valence-electron chi connectivity index (χ0n) is 16.8. The summed E-state index contributed by atoms with van der Waals surface area (Å²) in [6, 6.07) is 4.46. The standard InChI is InChI=1S/C21H34N4O2/c1-24-12-4-3-5-19(24)8-11-22-21(26)18-6-7-20(23-15-18)25-13-9-17(10-14-25)16-27-2/h6-7,15,17,19H,3-5,8-14,16H2,1-2H3,(H,22,26). The third-order valence-electron chi connectivity index (χ3n) is 6.04. The molecule has 1 amide bonds. The monoisotopic (exact) mass is 374 g/mol. The van der Waals surface area contributed by atoms with Gasteiger partial charge in [0.05, 0.1) is 5.56 Å². The summed E-state index contributed by atoms with van der Waals surface area (Å²) in [7, 11) is 3.96. The van der Waals surface area contributed by atoms with Crippen LogP contribution in [0.4, 0.5) is 5.82 Å². The fourth-order valence-electron chi connectivity index (χ4n) is 4.24. The van der Waals surface area contributed by atoms with Crippen LogP contribution in [-0.4, -0.2) is 68.8 Å². The molecule has 2 aliphatic heterocycles. The molecule has 150 valence electrons. The molecule has 3 heterocycles. The first-order valence-corrected chi connectivity index (χ1v) is 10.4. The highest BCUT2D eigenvalue weighted by Crippen LogP contribution is 2.22. The second-order valence-electron chi connectivity index (χ2n) is 7.97. The Balaban J connectivity index is 1.43. The van der Waals surface area contributed by atoms with Gasteiger partial charge in [0.15, 0.2) is 0 Å². The van der Waals surface area contributed by atoms with Crippen molar-refractivity contribution in [3.05, 3.63) is 23.9 Å². The third-order valence-corrected chi connectivity index (χ3v) is 6.04. The van der Waals surface area contributed by atoms with Crippen molar-refractivity contribution in [3.8, 4) is 0 Å². The molecule has 3 rings (SSSR count). The Morgan fingerprint density at radius 3 is 2.70 bits per heavy atom. The number of carbonyl (C=O) groups excluding carboxylic acids is 1.